The first kappa shape index (κ1) is 11.2. The van der Waals surface area contributed by atoms with E-state index in [4.69, 9.17) is 0 Å². The van der Waals surface area contributed by atoms with Gasteiger partial charge in [-0.1, -0.05) is 22.9 Å². The lowest BCUT2D eigenvalue weighted by Crippen LogP contribution is -2.32. The topological polar surface area (TPSA) is 12.0 Å². The normalized spacial score (nSPS) is 15.6. The second-order valence-electron chi connectivity index (χ2n) is 3.43. The van der Waals surface area contributed by atoms with Crippen molar-refractivity contribution in [2.24, 2.45) is 5.92 Å². The van der Waals surface area contributed by atoms with Gasteiger partial charge < -0.3 is 5.32 Å². The van der Waals surface area contributed by atoms with Crippen LogP contribution in [0.4, 0.5) is 0 Å². The van der Waals surface area contributed by atoms with Gasteiger partial charge in [0.2, 0.25) is 0 Å². The molecule has 1 heterocycles. The van der Waals surface area contributed by atoms with E-state index in [1.165, 1.54) is 5.56 Å². The summed E-state index contributed by atoms with van der Waals surface area (Å²) in [5.74, 6) is 0.679. The zero-order valence-electron chi connectivity index (χ0n) is 8.09. The van der Waals surface area contributed by atoms with Crippen LogP contribution in [0.2, 0.25) is 0 Å². The van der Waals surface area contributed by atoms with Crippen LogP contribution >= 0.6 is 27.3 Å². The van der Waals surface area contributed by atoms with Crippen LogP contribution in [0.3, 0.4) is 0 Å². The monoisotopic (exact) mass is 261 g/mol. The average molecular weight is 262 g/mol. The summed E-state index contributed by atoms with van der Waals surface area (Å²) in [7, 11) is 0. The average Bonchev–Trinajstić information content (AvgIpc) is 2.65. The molecule has 1 aromatic rings. The fourth-order valence-corrected chi connectivity index (χ4v) is 2.24. The van der Waals surface area contributed by atoms with Crippen LogP contribution in [0.5, 0.6) is 0 Å². The van der Waals surface area contributed by atoms with E-state index in [1.807, 2.05) is 0 Å². The van der Waals surface area contributed by atoms with Gasteiger partial charge >= 0.3 is 0 Å². The van der Waals surface area contributed by atoms with Crippen molar-refractivity contribution in [3.05, 3.63) is 22.4 Å². The molecule has 0 aliphatic carbocycles. The summed E-state index contributed by atoms with van der Waals surface area (Å²) in [5.41, 5.74) is 1.39. The van der Waals surface area contributed by atoms with Crippen molar-refractivity contribution in [3.63, 3.8) is 0 Å². The molecule has 13 heavy (non-hydrogen) atoms. The highest BCUT2D eigenvalue weighted by atomic mass is 79.9. The molecule has 1 N–H and O–H groups in total. The Labute approximate surface area is 92.7 Å². The van der Waals surface area contributed by atoms with E-state index in [1.54, 1.807) is 11.3 Å². The number of rotatable bonds is 5. The van der Waals surface area contributed by atoms with E-state index in [9.17, 15) is 0 Å². The fraction of sp³-hybridized carbons (Fsp3) is 0.600. The number of thiophene rings is 1. The zero-order valence-corrected chi connectivity index (χ0v) is 10.5. The van der Waals surface area contributed by atoms with Crippen molar-refractivity contribution in [2.75, 3.05) is 5.33 Å². The second kappa shape index (κ2) is 5.78. The van der Waals surface area contributed by atoms with Gasteiger partial charge in [-0.25, -0.2) is 0 Å². The number of halogens is 1. The van der Waals surface area contributed by atoms with E-state index >= 15 is 0 Å². The van der Waals surface area contributed by atoms with Crippen molar-refractivity contribution in [1.82, 2.24) is 5.32 Å². The van der Waals surface area contributed by atoms with Gasteiger partial charge in [-0.2, -0.15) is 11.3 Å². The summed E-state index contributed by atoms with van der Waals surface area (Å²) in [4.78, 5) is 0. The standard InChI is InChI=1S/C10H16BrNS/c1-8(5-11)9(2)12-6-10-3-4-13-7-10/h3-4,7-9,12H,5-6H2,1-2H3. The van der Waals surface area contributed by atoms with Gasteiger partial charge in [0.05, 0.1) is 0 Å². The number of alkyl halides is 1. The third-order valence-electron chi connectivity index (χ3n) is 2.31. The molecule has 74 valence electrons. The summed E-state index contributed by atoms with van der Waals surface area (Å²) >= 11 is 5.25. The molecular formula is C10H16BrNS. The Bertz CT molecular complexity index is 223. The Morgan fingerprint density at radius 1 is 1.54 bits per heavy atom. The Balaban J connectivity index is 2.26. The Kier molecular flexibility index (Phi) is 4.99. The third-order valence-corrected chi connectivity index (χ3v) is 4.06. The minimum atomic E-state index is 0.569. The molecule has 0 amide bonds. The van der Waals surface area contributed by atoms with Crippen LogP contribution in [0.1, 0.15) is 19.4 Å². The van der Waals surface area contributed by atoms with E-state index in [0.29, 0.717) is 12.0 Å². The highest BCUT2D eigenvalue weighted by molar-refractivity contribution is 9.09. The molecule has 2 unspecified atom stereocenters. The molecule has 0 saturated carbocycles. The molecule has 1 nitrogen and oxygen atoms in total. The first-order valence-electron chi connectivity index (χ1n) is 4.54. The van der Waals surface area contributed by atoms with Crippen molar-refractivity contribution in [1.29, 1.82) is 0 Å². The third kappa shape index (κ3) is 3.79. The van der Waals surface area contributed by atoms with Gasteiger partial charge in [0.25, 0.3) is 0 Å². The number of hydrogen-bond donors (Lipinski definition) is 1. The van der Waals surface area contributed by atoms with Crippen LogP contribution in [0.25, 0.3) is 0 Å². The van der Waals surface area contributed by atoms with E-state index < -0.39 is 0 Å². The van der Waals surface area contributed by atoms with Crippen LogP contribution < -0.4 is 5.32 Å². The molecule has 0 aliphatic rings. The Morgan fingerprint density at radius 3 is 2.85 bits per heavy atom. The molecular weight excluding hydrogens is 246 g/mol. The first-order chi connectivity index (χ1) is 6.24. The molecule has 0 aromatic carbocycles. The molecule has 0 aliphatic heterocycles. The lowest BCUT2D eigenvalue weighted by molar-refractivity contribution is 0.433. The lowest BCUT2D eigenvalue weighted by atomic mass is 10.1. The van der Waals surface area contributed by atoms with Crippen LogP contribution in [0, 0.1) is 5.92 Å². The van der Waals surface area contributed by atoms with Crippen molar-refractivity contribution < 1.29 is 0 Å². The van der Waals surface area contributed by atoms with E-state index in [0.717, 1.165) is 11.9 Å². The summed E-state index contributed by atoms with van der Waals surface area (Å²) in [6, 6.07) is 2.74. The van der Waals surface area contributed by atoms with Gasteiger partial charge in [0, 0.05) is 17.9 Å². The Morgan fingerprint density at radius 2 is 2.31 bits per heavy atom. The maximum absolute atomic E-state index is 3.51. The van der Waals surface area contributed by atoms with Crippen LogP contribution in [-0.4, -0.2) is 11.4 Å². The van der Waals surface area contributed by atoms with Gasteiger partial charge in [-0.05, 0) is 35.2 Å². The van der Waals surface area contributed by atoms with E-state index in [2.05, 4.69) is 51.9 Å². The van der Waals surface area contributed by atoms with Gasteiger partial charge in [-0.15, -0.1) is 0 Å². The first-order valence-corrected chi connectivity index (χ1v) is 6.61. The minimum Gasteiger partial charge on any atom is -0.310 e. The molecule has 0 saturated heterocycles. The molecule has 3 heteroatoms. The summed E-state index contributed by atoms with van der Waals surface area (Å²) in [5, 5.41) is 8.89. The van der Waals surface area contributed by atoms with Crippen LogP contribution in [-0.2, 0) is 6.54 Å². The van der Waals surface area contributed by atoms with Crippen LogP contribution in [0.15, 0.2) is 16.8 Å². The quantitative estimate of drug-likeness (QED) is 0.803. The molecule has 0 fully saturated rings. The predicted molar refractivity (Wildman–Crippen MR) is 63.6 cm³/mol. The maximum Gasteiger partial charge on any atom is 0.0216 e. The predicted octanol–water partition coefficient (Wildman–Crippen LogP) is 3.26. The zero-order chi connectivity index (χ0) is 9.68. The summed E-state index contributed by atoms with van der Waals surface area (Å²) in [6.07, 6.45) is 0. The number of nitrogens with one attached hydrogen (secondary N) is 1. The van der Waals surface area contributed by atoms with Crippen molar-refractivity contribution >= 4 is 27.3 Å². The van der Waals surface area contributed by atoms with E-state index in [-0.39, 0.29) is 0 Å². The van der Waals surface area contributed by atoms with Gasteiger partial charge in [0.15, 0.2) is 0 Å². The summed E-state index contributed by atoms with van der Waals surface area (Å²) in [6.45, 7) is 5.47. The van der Waals surface area contributed by atoms with Crippen molar-refractivity contribution in [2.45, 2.75) is 26.4 Å². The summed E-state index contributed by atoms with van der Waals surface area (Å²) < 4.78 is 0. The smallest absolute Gasteiger partial charge is 0.0216 e. The highest BCUT2D eigenvalue weighted by Gasteiger charge is 2.09. The fourth-order valence-electron chi connectivity index (χ4n) is 1.01. The van der Waals surface area contributed by atoms with Crippen molar-refractivity contribution in [3.8, 4) is 0 Å². The number of hydrogen-bond acceptors (Lipinski definition) is 2. The molecule has 1 rings (SSSR count). The molecule has 1 aromatic heterocycles. The largest absolute Gasteiger partial charge is 0.310 e. The molecule has 0 radical (unpaired) electrons. The molecule has 0 spiro atoms. The molecule has 2 atom stereocenters. The minimum absolute atomic E-state index is 0.569. The SMILES string of the molecule is CC(CBr)C(C)NCc1ccsc1. The van der Waals surface area contributed by atoms with Gasteiger partial charge in [-0.3, -0.25) is 0 Å². The van der Waals surface area contributed by atoms with Gasteiger partial charge in [0.1, 0.15) is 0 Å². The lowest BCUT2D eigenvalue weighted by Gasteiger charge is -2.18. The maximum atomic E-state index is 3.51. The second-order valence-corrected chi connectivity index (χ2v) is 4.86. The molecule has 0 bridgehead atoms. The highest BCUT2D eigenvalue weighted by Crippen LogP contribution is 2.09. The Hall–Kier alpha value is 0.140.